The van der Waals surface area contributed by atoms with Crippen molar-refractivity contribution in [2.24, 2.45) is 10.6 Å². The number of halogens is 3. The standard InChI is InChI=1S/C19H17F3N2O2S/c20-19(21,22)17-6-3-13(11-24-17)16-10-18(7-8-18)9-15(16)12-1-4-14(5-2-12)27(23,25)26/h1-6,11H,7-10H2,(H2,23,25,26). The Morgan fingerprint density at radius 2 is 1.48 bits per heavy atom. The molecule has 0 amide bonds. The Bertz CT molecular complexity index is 1020. The largest absolute Gasteiger partial charge is 0.433 e. The highest BCUT2D eigenvalue weighted by Crippen LogP contribution is 2.63. The number of hydrogen-bond acceptors (Lipinski definition) is 3. The van der Waals surface area contributed by atoms with Gasteiger partial charge in [-0.05, 0) is 71.6 Å². The summed E-state index contributed by atoms with van der Waals surface area (Å²) in [6.45, 7) is 0. The molecular weight excluding hydrogens is 377 g/mol. The fraction of sp³-hybridized carbons (Fsp3) is 0.316. The Hall–Kier alpha value is -2.19. The number of hydrogen-bond donors (Lipinski definition) is 1. The Balaban J connectivity index is 1.74. The SMILES string of the molecule is NS(=O)(=O)c1ccc(C2=C(c3ccc(C(F)(F)F)nc3)CC3(CC3)C2)cc1. The molecule has 142 valence electrons. The molecule has 1 heterocycles. The molecule has 4 nitrogen and oxygen atoms in total. The molecule has 2 aliphatic carbocycles. The molecule has 4 rings (SSSR count). The van der Waals surface area contributed by atoms with E-state index in [-0.39, 0.29) is 10.3 Å². The summed E-state index contributed by atoms with van der Waals surface area (Å²) in [6.07, 6.45) is 0.613. The molecule has 1 spiro atoms. The second-order valence-electron chi connectivity index (χ2n) is 7.31. The van der Waals surface area contributed by atoms with Gasteiger partial charge in [-0.15, -0.1) is 0 Å². The molecule has 2 aromatic rings. The number of allylic oxidation sites excluding steroid dienone is 2. The van der Waals surface area contributed by atoms with Crippen molar-refractivity contribution < 1.29 is 21.6 Å². The number of rotatable bonds is 3. The van der Waals surface area contributed by atoms with Crippen molar-refractivity contribution in [3.63, 3.8) is 0 Å². The minimum atomic E-state index is -4.47. The van der Waals surface area contributed by atoms with Crippen LogP contribution in [0.15, 0.2) is 47.5 Å². The first kappa shape index (κ1) is 18.2. The van der Waals surface area contributed by atoms with Gasteiger partial charge in [-0.2, -0.15) is 13.2 Å². The number of nitrogens with two attached hydrogens (primary N) is 1. The maximum atomic E-state index is 12.8. The van der Waals surface area contributed by atoms with Crippen LogP contribution < -0.4 is 5.14 Å². The van der Waals surface area contributed by atoms with Gasteiger partial charge in [0.05, 0.1) is 4.90 Å². The first-order valence-corrected chi connectivity index (χ1v) is 10.0. The van der Waals surface area contributed by atoms with E-state index in [0.717, 1.165) is 48.5 Å². The average molecular weight is 394 g/mol. The van der Waals surface area contributed by atoms with Crippen LogP contribution in [0.4, 0.5) is 13.2 Å². The normalized spacial score (nSPS) is 19.0. The lowest BCUT2D eigenvalue weighted by molar-refractivity contribution is -0.141. The van der Waals surface area contributed by atoms with Crippen LogP contribution in [0.25, 0.3) is 11.1 Å². The molecule has 0 bridgehead atoms. The predicted molar refractivity (Wildman–Crippen MR) is 94.8 cm³/mol. The molecule has 8 heteroatoms. The second-order valence-corrected chi connectivity index (χ2v) is 8.87. The van der Waals surface area contributed by atoms with E-state index in [4.69, 9.17) is 5.14 Å². The van der Waals surface area contributed by atoms with Crippen LogP contribution in [0.1, 0.15) is 42.5 Å². The van der Waals surface area contributed by atoms with Gasteiger partial charge in [0, 0.05) is 6.20 Å². The highest BCUT2D eigenvalue weighted by Gasteiger charge is 2.48. The van der Waals surface area contributed by atoms with Crippen molar-refractivity contribution in [2.45, 2.75) is 36.8 Å². The Labute approximate surface area is 155 Å². The monoisotopic (exact) mass is 394 g/mol. The third kappa shape index (κ3) is 3.51. The summed E-state index contributed by atoms with van der Waals surface area (Å²) in [5.41, 5.74) is 2.84. The van der Waals surface area contributed by atoms with E-state index in [9.17, 15) is 21.6 Å². The molecular formula is C19H17F3N2O2S. The van der Waals surface area contributed by atoms with Gasteiger partial charge < -0.3 is 0 Å². The van der Waals surface area contributed by atoms with E-state index < -0.39 is 21.9 Å². The minimum absolute atomic E-state index is 0.0312. The van der Waals surface area contributed by atoms with Crippen LogP contribution in [0, 0.1) is 5.41 Å². The molecule has 2 aliphatic rings. The summed E-state index contributed by atoms with van der Waals surface area (Å²) in [7, 11) is -3.77. The molecule has 1 saturated carbocycles. The Kier molecular flexibility index (Phi) is 3.98. The molecule has 0 unspecified atom stereocenters. The second kappa shape index (κ2) is 5.90. The number of sulfonamides is 1. The van der Waals surface area contributed by atoms with Gasteiger partial charge in [-0.3, -0.25) is 4.98 Å². The first-order valence-electron chi connectivity index (χ1n) is 8.46. The van der Waals surface area contributed by atoms with Crippen molar-refractivity contribution >= 4 is 21.2 Å². The number of primary sulfonamides is 1. The number of pyridine rings is 1. The maximum Gasteiger partial charge on any atom is 0.433 e. The number of nitrogens with zero attached hydrogens (tertiary/aromatic N) is 1. The lowest BCUT2D eigenvalue weighted by Gasteiger charge is -2.10. The van der Waals surface area contributed by atoms with Gasteiger partial charge in [0.25, 0.3) is 0 Å². The number of benzene rings is 1. The van der Waals surface area contributed by atoms with Crippen molar-refractivity contribution in [3.8, 4) is 0 Å². The highest BCUT2D eigenvalue weighted by molar-refractivity contribution is 7.89. The number of aromatic nitrogens is 1. The van der Waals surface area contributed by atoms with Crippen LogP contribution in [-0.4, -0.2) is 13.4 Å². The fourth-order valence-corrected chi connectivity index (χ4v) is 4.21. The van der Waals surface area contributed by atoms with E-state index in [1.807, 2.05) is 0 Å². The molecule has 0 radical (unpaired) electrons. The summed E-state index contributed by atoms with van der Waals surface area (Å²) in [5.74, 6) is 0. The fourth-order valence-electron chi connectivity index (χ4n) is 3.69. The summed E-state index contributed by atoms with van der Waals surface area (Å²) >= 11 is 0. The predicted octanol–water partition coefficient (Wildman–Crippen LogP) is 4.23. The van der Waals surface area contributed by atoms with E-state index >= 15 is 0 Å². The topological polar surface area (TPSA) is 73.1 Å². The smallest absolute Gasteiger partial charge is 0.251 e. The molecule has 2 N–H and O–H groups in total. The van der Waals surface area contributed by atoms with Gasteiger partial charge in [0.2, 0.25) is 10.0 Å². The van der Waals surface area contributed by atoms with E-state index in [0.29, 0.717) is 5.56 Å². The van der Waals surface area contributed by atoms with Crippen molar-refractivity contribution in [1.29, 1.82) is 0 Å². The zero-order valence-corrected chi connectivity index (χ0v) is 15.1. The van der Waals surface area contributed by atoms with E-state index in [1.54, 1.807) is 12.1 Å². The highest BCUT2D eigenvalue weighted by atomic mass is 32.2. The lowest BCUT2D eigenvalue weighted by Crippen LogP contribution is -2.11. The van der Waals surface area contributed by atoms with Crippen molar-refractivity contribution in [3.05, 3.63) is 59.4 Å². The quantitative estimate of drug-likeness (QED) is 0.847. The zero-order chi connectivity index (χ0) is 19.4. The van der Waals surface area contributed by atoms with Gasteiger partial charge in [-0.25, -0.2) is 13.6 Å². The summed E-state index contributed by atoms with van der Waals surface area (Å²) < 4.78 is 61.2. The van der Waals surface area contributed by atoms with Gasteiger partial charge >= 0.3 is 6.18 Å². The van der Waals surface area contributed by atoms with Crippen molar-refractivity contribution in [2.75, 3.05) is 0 Å². The molecule has 0 aliphatic heterocycles. The summed E-state index contributed by atoms with van der Waals surface area (Å²) in [5, 5.41) is 5.14. The molecule has 1 fully saturated rings. The zero-order valence-electron chi connectivity index (χ0n) is 14.3. The average Bonchev–Trinajstić information content (AvgIpc) is 3.24. The maximum absolute atomic E-state index is 12.8. The number of alkyl halides is 3. The molecule has 1 aromatic carbocycles. The third-order valence-corrected chi connectivity index (χ3v) is 6.29. The molecule has 27 heavy (non-hydrogen) atoms. The summed E-state index contributed by atoms with van der Waals surface area (Å²) in [4.78, 5) is 3.61. The van der Waals surface area contributed by atoms with Gasteiger partial charge in [0.15, 0.2) is 0 Å². The van der Waals surface area contributed by atoms with E-state index in [2.05, 4.69) is 4.98 Å². The Morgan fingerprint density at radius 1 is 0.926 bits per heavy atom. The lowest BCUT2D eigenvalue weighted by atomic mass is 9.98. The third-order valence-electron chi connectivity index (χ3n) is 5.36. The van der Waals surface area contributed by atoms with Crippen LogP contribution >= 0.6 is 0 Å². The molecule has 0 saturated heterocycles. The summed E-state index contributed by atoms with van der Waals surface area (Å²) in [6, 6.07) is 8.78. The van der Waals surface area contributed by atoms with Crippen LogP contribution in [0.5, 0.6) is 0 Å². The van der Waals surface area contributed by atoms with Crippen LogP contribution in [0.3, 0.4) is 0 Å². The van der Waals surface area contributed by atoms with E-state index in [1.165, 1.54) is 24.4 Å². The van der Waals surface area contributed by atoms with Crippen LogP contribution in [0.2, 0.25) is 0 Å². The Morgan fingerprint density at radius 3 is 1.93 bits per heavy atom. The molecule has 0 atom stereocenters. The van der Waals surface area contributed by atoms with Crippen LogP contribution in [-0.2, 0) is 16.2 Å². The minimum Gasteiger partial charge on any atom is -0.251 e. The first-order chi connectivity index (χ1) is 12.6. The van der Waals surface area contributed by atoms with Gasteiger partial charge in [-0.1, -0.05) is 18.2 Å². The van der Waals surface area contributed by atoms with Crippen molar-refractivity contribution in [1.82, 2.24) is 4.98 Å². The van der Waals surface area contributed by atoms with Gasteiger partial charge in [0.1, 0.15) is 5.69 Å². The molecule has 1 aromatic heterocycles.